The van der Waals surface area contributed by atoms with Crippen molar-refractivity contribution >= 4 is 5.91 Å². The number of benzene rings is 1. The van der Waals surface area contributed by atoms with Gasteiger partial charge in [-0.15, -0.1) is 0 Å². The Morgan fingerprint density at radius 3 is 2.25 bits per heavy atom. The van der Waals surface area contributed by atoms with Crippen molar-refractivity contribution in [1.82, 2.24) is 14.9 Å². The van der Waals surface area contributed by atoms with Crippen LogP contribution >= 0.6 is 0 Å². The predicted octanol–water partition coefficient (Wildman–Crippen LogP) is 4.97. The molecule has 148 valence electrons. The van der Waals surface area contributed by atoms with Crippen LogP contribution in [-0.2, 0) is 17.3 Å². The average Bonchev–Trinajstić information content (AvgIpc) is 2.94. The minimum absolute atomic E-state index is 0.00237. The summed E-state index contributed by atoms with van der Waals surface area (Å²) in [5, 5.41) is 0. The number of fused-ring (bicyclic) bond motifs is 4. The lowest BCUT2D eigenvalue weighted by Gasteiger charge is -2.36. The maximum Gasteiger partial charge on any atom is 0.254 e. The Labute approximate surface area is 168 Å². The van der Waals surface area contributed by atoms with Gasteiger partial charge in [-0.3, -0.25) is 4.79 Å². The molecule has 1 fully saturated rings. The smallest absolute Gasteiger partial charge is 0.254 e. The molecule has 0 aliphatic carbocycles. The summed E-state index contributed by atoms with van der Waals surface area (Å²) in [4.78, 5) is 24.5. The van der Waals surface area contributed by atoms with Crippen molar-refractivity contribution in [2.45, 2.75) is 83.7 Å². The molecule has 2 atom stereocenters. The van der Waals surface area contributed by atoms with E-state index in [1.54, 1.807) is 6.33 Å². The molecule has 0 N–H and O–H groups in total. The van der Waals surface area contributed by atoms with Gasteiger partial charge in [-0.25, -0.2) is 9.97 Å². The topological polar surface area (TPSA) is 46.1 Å². The van der Waals surface area contributed by atoms with Gasteiger partial charge in [-0.1, -0.05) is 47.6 Å². The molecule has 4 rings (SSSR count). The van der Waals surface area contributed by atoms with Gasteiger partial charge in [0.05, 0.1) is 11.7 Å². The van der Waals surface area contributed by atoms with Gasteiger partial charge in [0.1, 0.15) is 6.33 Å². The molecule has 2 unspecified atom stereocenters. The van der Waals surface area contributed by atoms with E-state index < -0.39 is 0 Å². The Bertz CT molecular complexity index is 888. The van der Waals surface area contributed by atoms with Crippen molar-refractivity contribution in [3.63, 3.8) is 0 Å². The fourth-order valence-electron chi connectivity index (χ4n) is 4.50. The quantitative estimate of drug-likeness (QED) is 0.704. The zero-order valence-corrected chi connectivity index (χ0v) is 17.9. The molecule has 4 heteroatoms. The number of nitrogens with zero attached hydrogens (tertiary/aromatic N) is 3. The van der Waals surface area contributed by atoms with Crippen LogP contribution in [0.5, 0.6) is 0 Å². The molecule has 28 heavy (non-hydrogen) atoms. The number of carbonyl (C=O) groups excluding carboxylic acids is 1. The van der Waals surface area contributed by atoms with E-state index in [9.17, 15) is 4.79 Å². The summed E-state index contributed by atoms with van der Waals surface area (Å²) in [5.74, 6) is 0.151. The maximum atomic E-state index is 13.7. The van der Waals surface area contributed by atoms with E-state index in [1.807, 2.05) is 6.20 Å². The predicted molar refractivity (Wildman–Crippen MR) is 112 cm³/mol. The fourth-order valence-corrected chi connectivity index (χ4v) is 4.50. The van der Waals surface area contributed by atoms with E-state index in [1.165, 1.54) is 11.1 Å². The van der Waals surface area contributed by atoms with Crippen LogP contribution in [0.25, 0.3) is 0 Å². The van der Waals surface area contributed by atoms with Crippen LogP contribution in [0, 0.1) is 0 Å². The van der Waals surface area contributed by atoms with Crippen LogP contribution in [0.4, 0.5) is 0 Å². The van der Waals surface area contributed by atoms with Crippen LogP contribution in [0.15, 0.2) is 30.7 Å². The third kappa shape index (κ3) is 3.23. The summed E-state index contributed by atoms with van der Waals surface area (Å²) < 4.78 is 0. The van der Waals surface area contributed by atoms with E-state index in [4.69, 9.17) is 0 Å². The molecule has 2 aliphatic heterocycles. The van der Waals surface area contributed by atoms with Gasteiger partial charge in [0.25, 0.3) is 5.91 Å². The molecule has 0 spiro atoms. The first-order chi connectivity index (χ1) is 13.1. The summed E-state index contributed by atoms with van der Waals surface area (Å²) >= 11 is 0. The number of amides is 1. The molecule has 0 radical (unpaired) electrons. The van der Waals surface area contributed by atoms with E-state index in [-0.39, 0.29) is 28.8 Å². The second-order valence-corrected chi connectivity index (χ2v) is 10.4. The highest BCUT2D eigenvalue weighted by molar-refractivity contribution is 5.95. The second-order valence-electron chi connectivity index (χ2n) is 10.4. The number of rotatable bonds is 1. The van der Waals surface area contributed by atoms with Gasteiger partial charge < -0.3 is 4.90 Å². The molecule has 2 bridgehead atoms. The Hall–Kier alpha value is -2.23. The van der Waals surface area contributed by atoms with Crippen molar-refractivity contribution in [2.24, 2.45) is 0 Å². The highest BCUT2D eigenvalue weighted by Gasteiger charge is 2.43. The molecular formula is C24H31N3O. The molecule has 2 aliphatic rings. The van der Waals surface area contributed by atoms with Gasteiger partial charge in [0.15, 0.2) is 0 Å². The number of hydrogen-bond donors (Lipinski definition) is 0. The van der Waals surface area contributed by atoms with Crippen molar-refractivity contribution < 1.29 is 4.79 Å². The molecule has 2 aromatic rings. The first-order valence-electron chi connectivity index (χ1n) is 10.3. The lowest BCUT2D eigenvalue weighted by molar-refractivity contribution is 0.0643. The molecule has 1 saturated heterocycles. The molecule has 1 amide bonds. The molecular weight excluding hydrogens is 346 g/mol. The standard InChI is InChI=1S/C24H31N3O/c1-23(2,3)16-9-15(10-17(11-16)24(4,5)6)22(28)27-18-7-8-21(27)19-13-25-14-26-20(19)12-18/h9-11,13-14,18,21H,7-8,12H2,1-6H3. The molecule has 1 aromatic heterocycles. The van der Waals surface area contributed by atoms with Gasteiger partial charge in [0, 0.05) is 29.8 Å². The number of aromatic nitrogens is 2. The van der Waals surface area contributed by atoms with Crippen molar-refractivity contribution in [2.75, 3.05) is 0 Å². The van der Waals surface area contributed by atoms with E-state index in [0.717, 1.165) is 36.1 Å². The number of carbonyl (C=O) groups is 1. The van der Waals surface area contributed by atoms with Crippen molar-refractivity contribution in [3.8, 4) is 0 Å². The summed E-state index contributed by atoms with van der Waals surface area (Å²) in [5.41, 5.74) is 5.50. The minimum atomic E-state index is -0.00237. The zero-order chi connectivity index (χ0) is 20.3. The number of hydrogen-bond acceptors (Lipinski definition) is 3. The van der Waals surface area contributed by atoms with Crippen LogP contribution in [-0.4, -0.2) is 26.8 Å². The minimum Gasteiger partial charge on any atom is -0.328 e. The van der Waals surface area contributed by atoms with Gasteiger partial charge in [-0.05, 0) is 46.9 Å². The summed E-state index contributed by atoms with van der Waals surface area (Å²) in [7, 11) is 0. The second kappa shape index (κ2) is 6.40. The van der Waals surface area contributed by atoms with Crippen LogP contribution in [0.1, 0.15) is 93.2 Å². The van der Waals surface area contributed by atoms with E-state index in [2.05, 4.69) is 74.6 Å². The van der Waals surface area contributed by atoms with Crippen LogP contribution < -0.4 is 0 Å². The summed E-state index contributed by atoms with van der Waals surface area (Å²) in [6, 6.07) is 6.84. The molecule has 0 saturated carbocycles. The lowest BCUT2D eigenvalue weighted by Crippen LogP contribution is -2.42. The van der Waals surface area contributed by atoms with E-state index in [0.29, 0.717) is 0 Å². The van der Waals surface area contributed by atoms with Gasteiger partial charge in [0.2, 0.25) is 0 Å². The Kier molecular flexibility index (Phi) is 4.36. The Morgan fingerprint density at radius 1 is 1.00 bits per heavy atom. The summed E-state index contributed by atoms with van der Waals surface area (Å²) in [6.07, 6.45) is 6.41. The van der Waals surface area contributed by atoms with Crippen LogP contribution in [0.3, 0.4) is 0 Å². The highest BCUT2D eigenvalue weighted by atomic mass is 16.2. The van der Waals surface area contributed by atoms with Crippen molar-refractivity contribution in [1.29, 1.82) is 0 Å². The first-order valence-corrected chi connectivity index (χ1v) is 10.3. The average molecular weight is 378 g/mol. The molecule has 3 heterocycles. The first kappa shape index (κ1) is 19.1. The van der Waals surface area contributed by atoms with Crippen molar-refractivity contribution in [3.05, 3.63) is 58.7 Å². The molecule has 4 nitrogen and oxygen atoms in total. The summed E-state index contributed by atoms with van der Waals surface area (Å²) in [6.45, 7) is 13.3. The highest BCUT2D eigenvalue weighted by Crippen LogP contribution is 2.44. The zero-order valence-electron chi connectivity index (χ0n) is 17.9. The SMILES string of the molecule is CC(C)(C)c1cc(C(=O)N2C3CCC2c2cncnc2C3)cc(C(C)(C)C)c1. The fraction of sp³-hybridized carbons (Fsp3) is 0.542. The lowest BCUT2D eigenvalue weighted by atomic mass is 9.79. The third-order valence-electron chi connectivity index (χ3n) is 6.26. The third-order valence-corrected chi connectivity index (χ3v) is 6.26. The largest absolute Gasteiger partial charge is 0.328 e. The Balaban J connectivity index is 1.77. The Morgan fingerprint density at radius 2 is 1.64 bits per heavy atom. The van der Waals surface area contributed by atoms with Gasteiger partial charge in [-0.2, -0.15) is 0 Å². The van der Waals surface area contributed by atoms with E-state index >= 15 is 0 Å². The maximum absolute atomic E-state index is 13.7. The monoisotopic (exact) mass is 377 g/mol. The molecule has 1 aromatic carbocycles. The van der Waals surface area contributed by atoms with Gasteiger partial charge >= 0.3 is 0 Å². The normalized spacial score (nSPS) is 21.6. The van der Waals surface area contributed by atoms with Crippen LogP contribution in [0.2, 0.25) is 0 Å².